The fourth-order valence-electron chi connectivity index (χ4n) is 3.63. The molecule has 0 atom stereocenters. The summed E-state index contributed by atoms with van der Waals surface area (Å²) in [6.07, 6.45) is 2.80. The van der Waals surface area contributed by atoms with Crippen molar-refractivity contribution in [2.75, 3.05) is 18.4 Å². The minimum Gasteiger partial charge on any atom is -0.360 e. The molecule has 162 valence electrons. The van der Waals surface area contributed by atoms with Crippen LogP contribution in [-0.2, 0) is 10.0 Å². The number of rotatable bonds is 5. The van der Waals surface area contributed by atoms with Crippen molar-refractivity contribution in [3.8, 4) is 11.3 Å². The van der Waals surface area contributed by atoms with Gasteiger partial charge >= 0.3 is 0 Å². The van der Waals surface area contributed by atoms with Crippen molar-refractivity contribution < 1.29 is 17.7 Å². The first-order valence-electron chi connectivity index (χ1n) is 10.0. The van der Waals surface area contributed by atoms with Gasteiger partial charge in [-0.05, 0) is 50.1 Å². The summed E-state index contributed by atoms with van der Waals surface area (Å²) in [6, 6.07) is 13.2. The number of aryl methyl sites for hydroxylation is 1. The molecule has 0 unspecified atom stereocenters. The molecule has 1 aliphatic heterocycles. The first-order valence-corrected chi connectivity index (χ1v) is 11.8. The number of nitrogens with zero attached hydrogens (tertiary/aromatic N) is 2. The van der Waals surface area contributed by atoms with Gasteiger partial charge in [0, 0.05) is 24.3 Å². The molecule has 1 fully saturated rings. The number of anilines is 1. The summed E-state index contributed by atoms with van der Waals surface area (Å²) in [6.45, 7) is 2.73. The highest BCUT2D eigenvalue weighted by molar-refractivity contribution is 7.89. The number of nitrogens with one attached hydrogen (secondary N) is 1. The second kappa shape index (κ2) is 8.82. The Labute approximate surface area is 186 Å². The molecule has 4 rings (SSSR count). The van der Waals surface area contributed by atoms with Crippen molar-refractivity contribution in [3.05, 3.63) is 64.9 Å². The molecule has 1 saturated heterocycles. The topological polar surface area (TPSA) is 92.5 Å². The van der Waals surface area contributed by atoms with Gasteiger partial charge in [-0.1, -0.05) is 41.4 Å². The number of carbonyl (C=O) groups excluding carboxylic acids is 1. The molecule has 1 N–H and O–H groups in total. The van der Waals surface area contributed by atoms with Crippen LogP contribution < -0.4 is 5.32 Å². The first kappa shape index (κ1) is 21.5. The van der Waals surface area contributed by atoms with Crippen LogP contribution in [0.2, 0.25) is 5.02 Å². The Morgan fingerprint density at radius 1 is 1.06 bits per heavy atom. The summed E-state index contributed by atoms with van der Waals surface area (Å²) in [5.41, 5.74) is 1.69. The molecule has 2 aromatic carbocycles. The molecule has 0 aliphatic carbocycles. The number of amides is 1. The van der Waals surface area contributed by atoms with Crippen LogP contribution >= 0.6 is 11.6 Å². The van der Waals surface area contributed by atoms with Crippen molar-refractivity contribution in [3.63, 3.8) is 0 Å². The summed E-state index contributed by atoms with van der Waals surface area (Å²) < 4.78 is 32.3. The van der Waals surface area contributed by atoms with Crippen LogP contribution in [-0.4, -0.2) is 36.9 Å². The summed E-state index contributed by atoms with van der Waals surface area (Å²) in [4.78, 5) is 13.2. The van der Waals surface area contributed by atoms with Crippen LogP contribution in [0.1, 0.15) is 35.4 Å². The van der Waals surface area contributed by atoms with E-state index in [1.54, 1.807) is 43.3 Å². The lowest BCUT2D eigenvalue weighted by Crippen LogP contribution is -2.35. The van der Waals surface area contributed by atoms with Crippen LogP contribution in [0.5, 0.6) is 0 Å². The van der Waals surface area contributed by atoms with E-state index in [1.165, 1.54) is 16.4 Å². The summed E-state index contributed by atoms with van der Waals surface area (Å²) in [5.74, 6) is -0.0583. The molecule has 2 heterocycles. The Balaban J connectivity index is 1.55. The van der Waals surface area contributed by atoms with Crippen molar-refractivity contribution in [2.24, 2.45) is 0 Å². The quantitative estimate of drug-likeness (QED) is 0.595. The van der Waals surface area contributed by atoms with Crippen LogP contribution in [0.3, 0.4) is 0 Å². The maximum atomic E-state index is 12.9. The Morgan fingerprint density at radius 3 is 2.42 bits per heavy atom. The van der Waals surface area contributed by atoms with Gasteiger partial charge in [-0.3, -0.25) is 4.79 Å². The third-order valence-electron chi connectivity index (χ3n) is 5.28. The molecule has 0 saturated carbocycles. The lowest BCUT2D eigenvalue weighted by Gasteiger charge is -2.25. The van der Waals surface area contributed by atoms with Crippen molar-refractivity contribution in [1.82, 2.24) is 9.46 Å². The zero-order valence-electron chi connectivity index (χ0n) is 17.0. The summed E-state index contributed by atoms with van der Waals surface area (Å²) in [7, 11) is -3.52. The molecule has 0 radical (unpaired) electrons. The van der Waals surface area contributed by atoms with Crippen LogP contribution in [0.15, 0.2) is 57.9 Å². The predicted octanol–water partition coefficient (Wildman–Crippen LogP) is 4.73. The minimum atomic E-state index is -3.52. The van der Waals surface area contributed by atoms with E-state index in [-0.39, 0.29) is 10.5 Å². The maximum absolute atomic E-state index is 12.9. The Bertz CT molecular complexity index is 1200. The van der Waals surface area contributed by atoms with Crippen molar-refractivity contribution in [2.45, 2.75) is 31.1 Å². The van der Waals surface area contributed by atoms with Gasteiger partial charge in [-0.2, -0.15) is 4.31 Å². The highest BCUT2D eigenvalue weighted by Crippen LogP contribution is 2.31. The van der Waals surface area contributed by atoms with Gasteiger partial charge in [0.05, 0.1) is 9.92 Å². The van der Waals surface area contributed by atoms with E-state index in [1.807, 2.05) is 0 Å². The van der Waals surface area contributed by atoms with E-state index in [9.17, 15) is 13.2 Å². The van der Waals surface area contributed by atoms with Crippen LogP contribution in [0.4, 0.5) is 5.69 Å². The number of hydrogen-bond donors (Lipinski definition) is 1. The third kappa shape index (κ3) is 4.37. The molecule has 3 aromatic rings. The fourth-order valence-corrected chi connectivity index (χ4v) is 5.38. The fraction of sp³-hybridized carbons (Fsp3) is 0.273. The third-order valence-corrected chi connectivity index (χ3v) is 7.53. The highest BCUT2D eigenvalue weighted by atomic mass is 35.5. The maximum Gasteiger partial charge on any atom is 0.261 e. The SMILES string of the molecule is Cc1onc(-c2ccccc2Cl)c1C(=O)Nc1ccc(S(=O)(=O)N2CCCCC2)cc1. The lowest BCUT2D eigenvalue weighted by molar-refractivity contribution is 0.102. The summed E-state index contributed by atoms with van der Waals surface area (Å²) >= 11 is 6.25. The van der Waals surface area contributed by atoms with E-state index in [4.69, 9.17) is 16.1 Å². The molecule has 1 aliphatic rings. The smallest absolute Gasteiger partial charge is 0.261 e. The van der Waals surface area contributed by atoms with Crippen molar-refractivity contribution >= 4 is 33.2 Å². The number of halogens is 1. The number of hydrogen-bond acceptors (Lipinski definition) is 5. The first-order chi connectivity index (χ1) is 14.9. The molecule has 1 aromatic heterocycles. The number of aromatic nitrogens is 1. The highest BCUT2D eigenvalue weighted by Gasteiger charge is 2.26. The van der Waals surface area contributed by atoms with E-state index < -0.39 is 15.9 Å². The average Bonchev–Trinajstić information content (AvgIpc) is 3.16. The van der Waals surface area contributed by atoms with Gasteiger partial charge in [-0.25, -0.2) is 8.42 Å². The van der Waals surface area contributed by atoms with Gasteiger partial charge < -0.3 is 9.84 Å². The predicted molar refractivity (Wildman–Crippen MR) is 119 cm³/mol. The second-order valence-corrected chi connectivity index (χ2v) is 9.73. The van der Waals surface area contributed by atoms with E-state index >= 15 is 0 Å². The molecular formula is C22H22ClN3O4S. The van der Waals surface area contributed by atoms with Crippen molar-refractivity contribution in [1.29, 1.82) is 0 Å². The number of piperidine rings is 1. The van der Waals surface area contributed by atoms with Gasteiger partial charge in [0.1, 0.15) is 17.0 Å². The zero-order chi connectivity index (χ0) is 22.0. The van der Waals surface area contributed by atoms with Gasteiger partial charge in [-0.15, -0.1) is 0 Å². The zero-order valence-corrected chi connectivity index (χ0v) is 18.5. The largest absolute Gasteiger partial charge is 0.360 e. The monoisotopic (exact) mass is 459 g/mol. The van der Waals surface area contributed by atoms with Gasteiger partial charge in [0.15, 0.2) is 0 Å². The van der Waals surface area contributed by atoms with E-state index in [0.29, 0.717) is 40.8 Å². The Hall–Kier alpha value is -2.68. The standard InChI is InChI=1S/C22H22ClN3O4S/c1-15-20(21(25-30-15)18-7-3-4-8-19(18)23)22(27)24-16-9-11-17(12-10-16)31(28,29)26-13-5-2-6-14-26/h3-4,7-12H,2,5-6,13-14H2,1H3,(H,24,27). The van der Waals surface area contributed by atoms with E-state index in [0.717, 1.165) is 19.3 Å². The number of benzene rings is 2. The lowest BCUT2D eigenvalue weighted by atomic mass is 10.1. The molecule has 31 heavy (non-hydrogen) atoms. The molecule has 1 amide bonds. The number of carbonyl (C=O) groups is 1. The molecule has 7 nitrogen and oxygen atoms in total. The Morgan fingerprint density at radius 2 is 1.74 bits per heavy atom. The minimum absolute atomic E-state index is 0.213. The van der Waals surface area contributed by atoms with Gasteiger partial charge in [0.25, 0.3) is 5.91 Å². The molecule has 9 heteroatoms. The normalized spacial score (nSPS) is 15.0. The summed E-state index contributed by atoms with van der Waals surface area (Å²) in [5, 5.41) is 7.24. The number of sulfonamides is 1. The molecule has 0 spiro atoms. The average molecular weight is 460 g/mol. The second-order valence-electron chi connectivity index (χ2n) is 7.39. The Kier molecular flexibility index (Phi) is 6.13. The van der Waals surface area contributed by atoms with E-state index in [2.05, 4.69) is 10.5 Å². The van der Waals surface area contributed by atoms with Crippen LogP contribution in [0, 0.1) is 6.92 Å². The molecule has 0 bridgehead atoms. The van der Waals surface area contributed by atoms with Gasteiger partial charge in [0.2, 0.25) is 10.0 Å². The van der Waals surface area contributed by atoms with Crippen LogP contribution in [0.25, 0.3) is 11.3 Å². The molecular weight excluding hydrogens is 438 g/mol.